The first-order valence-electron chi connectivity index (χ1n) is 6.23. The third kappa shape index (κ3) is 3.28. The minimum absolute atomic E-state index is 0.364. The molecule has 3 nitrogen and oxygen atoms in total. The first-order chi connectivity index (χ1) is 7.24. The van der Waals surface area contributed by atoms with Crippen molar-refractivity contribution in [3.05, 3.63) is 0 Å². The van der Waals surface area contributed by atoms with Gasteiger partial charge in [0.15, 0.2) is 0 Å². The molecule has 1 saturated heterocycles. The van der Waals surface area contributed by atoms with E-state index < -0.39 is 0 Å². The van der Waals surface area contributed by atoms with Gasteiger partial charge in [-0.1, -0.05) is 19.3 Å². The number of carbonyl (C=O) groups excluding carboxylic acids is 1. The number of nitrogens with zero attached hydrogens (tertiary/aromatic N) is 1. The molecule has 2 N–H and O–H groups in total. The smallest absolute Gasteiger partial charge is 0.147 e. The summed E-state index contributed by atoms with van der Waals surface area (Å²) >= 11 is 0. The van der Waals surface area contributed by atoms with E-state index in [9.17, 15) is 4.79 Å². The zero-order valence-corrected chi connectivity index (χ0v) is 9.45. The fraction of sp³-hybridized carbons (Fsp3) is 0.917. The van der Waals surface area contributed by atoms with Crippen LogP contribution >= 0.6 is 0 Å². The number of nitrogens with two attached hydrogens (primary N) is 1. The summed E-state index contributed by atoms with van der Waals surface area (Å²) in [4.78, 5) is 14.0. The molecule has 1 saturated carbocycles. The third-order valence-corrected chi connectivity index (χ3v) is 3.77. The minimum Gasteiger partial charge on any atom is -0.328 e. The van der Waals surface area contributed by atoms with Crippen LogP contribution in [0.3, 0.4) is 0 Å². The fourth-order valence-corrected chi connectivity index (χ4v) is 2.44. The SMILES string of the molecule is NC1CCN(CC(=O)CC2CCC2)CC1. The Labute approximate surface area is 92.0 Å². The van der Waals surface area contributed by atoms with Crippen LogP contribution in [0.4, 0.5) is 0 Å². The first kappa shape index (κ1) is 11.1. The summed E-state index contributed by atoms with van der Waals surface area (Å²) in [6.07, 6.45) is 6.81. The van der Waals surface area contributed by atoms with Crippen molar-refractivity contribution in [1.29, 1.82) is 0 Å². The van der Waals surface area contributed by atoms with Crippen molar-refractivity contribution < 1.29 is 4.79 Å². The Morgan fingerprint density at radius 1 is 1.20 bits per heavy atom. The number of carbonyl (C=O) groups is 1. The number of piperidine rings is 1. The van der Waals surface area contributed by atoms with Gasteiger partial charge >= 0.3 is 0 Å². The lowest BCUT2D eigenvalue weighted by atomic mass is 9.82. The number of Topliss-reactive ketones (excluding diaryl/α,β-unsaturated/α-hetero) is 1. The Hall–Kier alpha value is -0.410. The number of ketones is 1. The zero-order valence-electron chi connectivity index (χ0n) is 9.45. The summed E-state index contributed by atoms with van der Waals surface area (Å²) in [5, 5.41) is 0. The second-order valence-electron chi connectivity index (χ2n) is 5.15. The van der Waals surface area contributed by atoms with Crippen molar-refractivity contribution in [2.45, 2.75) is 44.6 Å². The summed E-state index contributed by atoms with van der Waals surface area (Å²) in [5.41, 5.74) is 5.83. The van der Waals surface area contributed by atoms with Crippen LogP contribution in [-0.2, 0) is 4.79 Å². The second-order valence-corrected chi connectivity index (χ2v) is 5.15. The molecular formula is C12H22N2O. The molecule has 0 amide bonds. The van der Waals surface area contributed by atoms with Crippen LogP contribution in [0.5, 0.6) is 0 Å². The van der Waals surface area contributed by atoms with Crippen molar-refractivity contribution in [2.75, 3.05) is 19.6 Å². The largest absolute Gasteiger partial charge is 0.328 e. The van der Waals surface area contributed by atoms with Crippen LogP contribution in [0.25, 0.3) is 0 Å². The average Bonchev–Trinajstić information content (AvgIpc) is 2.16. The van der Waals surface area contributed by atoms with Crippen molar-refractivity contribution >= 4 is 5.78 Å². The van der Waals surface area contributed by atoms with E-state index in [-0.39, 0.29) is 0 Å². The maximum absolute atomic E-state index is 11.7. The highest BCUT2D eigenvalue weighted by molar-refractivity contribution is 5.80. The van der Waals surface area contributed by atoms with Gasteiger partial charge in [-0.2, -0.15) is 0 Å². The Morgan fingerprint density at radius 2 is 1.87 bits per heavy atom. The molecule has 15 heavy (non-hydrogen) atoms. The number of hydrogen-bond donors (Lipinski definition) is 1. The minimum atomic E-state index is 0.364. The maximum atomic E-state index is 11.7. The van der Waals surface area contributed by atoms with Gasteiger partial charge in [-0.15, -0.1) is 0 Å². The van der Waals surface area contributed by atoms with E-state index in [2.05, 4.69) is 4.90 Å². The van der Waals surface area contributed by atoms with E-state index in [1.807, 2.05) is 0 Å². The number of likely N-dealkylation sites (tertiary alicyclic amines) is 1. The van der Waals surface area contributed by atoms with E-state index >= 15 is 0 Å². The maximum Gasteiger partial charge on any atom is 0.147 e. The van der Waals surface area contributed by atoms with Gasteiger partial charge in [-0.05, 0) is 18.8 Å². The molecular weight excluding hydrogens is 188 g/mol. The van der Waals surface area contributed by atoms with E-state index in [0.717, 1.165) is 32.4 Å². The Kier molecular flexibility index (Phi) is 3.76. The highest BCUT2D eigenvalue weighted by Crippen LogP contribution is 2.29. The van der Waals surface area contributed by atoms with Crippen LogP contribution in [0.15, 0.2) is 0 Å². The fourth-order valence-electron chi connectivity index (χ4n) is 2.44. The topological polar surface area (TPSA) is 46.3 Å². The summed E-state index contributed by atoms with van der Waals surface area (Å²) in [7, 11) is 0. The molecule has 0 atom stereocenters. The summed E-state index contributed by atoms with van der Waals surface area (Å²) in [6, 6.07) is 0.364. The highest BCUT2D eigenvalue weighted by Gasteiger charge is 2.23. The van der Waals surface area contributed by atoms with Gasteiger partial charge in [-0.3, -0.25) is 9.69 Å². The molecule has 0 radical (unpaired) electrons. The predicted molar refractivity (Wildman–Crippen MR) is 60.6 cm³/mol. The molecule has 86 valence electrons. The van der Waals surface area contributed by atoms with Crippen molar-refractivity contribution in [3.8, 4) is 0 Å². The number of hydrogen-bond acceptors (Lipinski definition) is 3. The van der Waals surface area contributed by atoms with E-state index in [1.165, 1.54) is 19.3 Å². The van der Waals surface area contributed by atoms with Crippen molar-refractivity contribution in [3.63, 3.8) is 0 Å². The molecule has 0 aromatic carbocycles. The van der Waals surface area contributed by atoms with Gasteiger partial charge in [0.25, 0.3) is 0 Å². The summed E-state index contributed by atoms with van der Waals surface area (Å²) < 4.78 is 0. The van der Waals surface area contributed by atoms with Crippen molar-refractivity contribution in [1.82, 2.24) is 4.90 Å². The molecule has 2 aliphatic rings. The second kappa shape index (κ2) is 5.08. The Morgan fingerprint density at radius 3 is 2.40 bits per heavy atom. The van der Waals surface area contributed by atoms with Crippen LogP contribution in [-0.4, -0.2) is 36.4 Å². The van der Waals surface area contributed by atoms with Gasteiger partial charge in [-0.25, -0.2) is 0 Å². The Bertz CT molecular complexity index is 218. The van der Waals surface area contributed by atoms with E-state index in [4.69, 9.17) is 5.73 Å². The van der Waals surface area contributed by atoms with Crippen LogP contribution in [0.1, 0.15) is 38.5 Å². The molecule has 0 aromatic rings. The molecule has 1 aliphatic heterocycles. The van der Waals surface area contributed by atoms with E-state index in [0.29, 0.717) is 24.3 Å². The van der Waals surface area contributed by atoms with Gasteiger partial charge in [0.05, 0.1) is 6.54 Å². The lowest BCUT2D eigenvalue weighted by Gasteiger charge is -2.30. The molecule has 3 heteroatoms. The average molecular weight is 210 g/mol. The normalized spacial score (nSPS) is 25.1. The van der Waals surface area contributed by atoms with Gasteiger partial charge in [0, 0.05) is 25.6 Å². The molecule has 0 bridgehead atoms. The molecule has 0 unspecified atom stereocenters. The van der Waals surface area contributed by atoms with Crippen LogP contribution in [0, 0.1) is 5.92 Å². The quantitative estimate of drug-likeness (QED) is 0.757. The lowest BCUT2D eigenvalue weighted by Crippen LogP contribution is -2.42. The zero-order chi connectivity index (χ0) is 10.7. The summed E-state index contributed by atoms with van der Waals surface area (Å²) in [6.45, 7) is 2.69. The third-order valence-electron chi connectivity index (χ3n) is 3.77. The van der Waals surface area contributed by atoms with Gasteiger partial charge in [0.1, 0.15) is 5.78 Å². The molecule has 2 fully saturated rings. The standard InChI is InChI=1S/C12H22N2O/c13-11-4-6-14(7-5-11)9-12(15)8-10-2-1-3-10/h10-11H,1-9,13H2. The molecule has 2 rings (SSSR count). The molecule has 0 spiro atoms. The van der Waals surface area contributed by atoms with Crippen molar-refractivity contribution in [2.24, 2.45) is 11.7 Å². The van der Waals surface area contributed by atoms with Crippen LogP contribution < -0.4 is 5.73 Å². The number of rotatable bonds is 4. The lowest BCUT2D eigenvalue weighted by molar-refractivity contribution is -0.121. The molecule has 1 aliphatic carbocycles. The van der Waals surface area contributed by atoms with Crippen LogP contribution in [0.2, 0.25) is 0 Å². The Balaban J connectivity index is 1.64. The predicted octanol–water partition coefficient (Wildman–Crippen LogP) is 1.17. The monoisotopic (exact) mass is 210 g/mol. The van der Waals surface area contributed by atoms with Gasteiger partial charge in [0.2, 0.25) is 0 Å². The van der Waals surface area contributed by atoms with Gasteiger partial charge < -0.3 is 5.73 Å². The highest BCUT2D eigenvalue weighted by atomic mass is 16.1. The first-order valence-corrected chi connectivity index (χ1v) is 6.23. The van der Waals surface area contributed by atoms with E-state index in [1.54, 1.807) is 0 Å². The molecule has 1 heterocycles. The summed E-state index contributed by atoms with van der Waals surface area (Å²) in [5.74, 6) is 1.15. The molecule has 0 aromatic heterocycles.